The van der Waals surface area contributed by atoms with Crippen LogP contribution in [-0.4, -0.2) is 37.1 Å². The Kier molecular flexibility index (Phi) is 6.21. The Morgan fingerprint density at radius 2 is 1.90 bits per heavy atom. The van der Waals surface area contributed by atoms with Crippen molar-refractivity contribution in [1.82, 2.24) is 9.62 Å². The molecule has 2 aliphatic rings. The minimum Gasteiger partial charge on any atom is -0.351 e. The van der Waals surface area contributed by atoms with Crippen molar-refractivity contribution in [2.45, 2.75) is 48.9 Å². The summed E-state index contributed by atoms with van der Waals surface area (Å²) in [6, 6.07) is 9.93. The van der Waals surface area contributed by atoms with Crippen LogP contribution in [0.25, 0.3) is 0 Å². The molecule has 1 aliphatic heterocycles. The van der Waals surface area contributed by atoms with Crippen molar-refractivity contribution in [1.29, 1.82) is 0 Å². The van der Waals surface area contributed by atoms with Gasteiger partial charge in [-0.05, 0) is 54.8 Å². The zero-order valence-electron chi connectivity index (χ0n) is 16.5. The topological polar surface area (TPSA) is 95.6 Å². The van der Waals surface area contributed by atoms with Gasteiger partial charge in [0.1, 0.15) is 10.3 Å². The van der Waals surface area contributed by atoms with Crippen LogP contribution in [0.5, 0.6) is 0 Å². The number of rotatable bonds is 7. The molecule has 9 heteroatoms. The Hall–Kier alpha value is -2.23. The van der Waals surface area contributed by atoms with Crippen molar-refractivity contribution >= 4 is 38.9 Å². The fourth-order valence-corrected chi connectivity index (χ4v) is 6.57. The third kappa shape index (κ3) is 4.43. The molecule has 1 saturated carbocycles. The summed E-state index contributed by atoms with van der Waals surface area (Å²) in [5.41, 5.74) is 1.56. The Bertz CT molecular complexity index is 1020. The highest BCUT2D eigenvalue weighted by molar-refractivity contribution is 7.91. The molecule has 1 saturated heterocycles. The third-order valence-electron chi connectivity index (χ3n) is 5.70. The van der Waals surface area contributed by atoms with Gasteiger partial charge < -0.3 is 10.6 Å². The first-order chi connectivity index (χ1) is 14.4. The second kappa shape index (κ2) is 8.87. The maximum Gasteiger partial charge on any atom is 0.253 e. The van der Waals surface area contributed by atoms with Crippen LogP contribution in [0.1, 0.15) is 37.7 Å². The Labute approximate surface area is 180 Å². The van der Waals surface area contributed by atoms with Crippen LogP contribution in [-0.2, 0) is 26.2 Å². The van der Waals surface area contributed by atoms with Crippen molar-refractivity contribution in [3.05, 3.63) is 47.3 Å². The minimum atomic E-state index is -3.65. The molecule has 30 heavy (non-hydrogen) atoms. The van der Waals surface area contributed by atoms with Crippen molar-refractivity contribution in [3.63, 3.8) is 0 Å². The average molecular weight is 448 g/mol. The van der Waals surface area contributed by atoms with Gasteiger partial charge >= 0.3 is 0 Å². The quantitative estimate of drug-likeness (QED) is 0.682. The monoisotopic (exact) mass is 447 g/mol. The largest absolute Gasteiger partial charge is 0.351 e. The number of carbonyl (C=O) groups excluding carboxylic acids is 2. The van der Waals surface area contributed by atoms with Gasteiger partial charge in [0.25, 0.3) is 10.0 Å². The van der Waals surface area contributed by atoms with Gasteiger partial charge in [0.2, 0.25) is 11.8 Å². The van der Waals surface area contributed by atoms with Crippen LogP contribution in [0, 0.1) is 5.92 Å². The minimum absolute atomic E-state index is 0.0443. The Morgan fingerprint density at radius 1 is 1.07 bits per heavy atom. The molecule has 2 fully saturated rings. The van der Waals surface area contributed by atoms with E-state index < -0.39 is 16.1 Å². The van der Waals surface area contributed by atoms with E-state index in [1.54, 1.807) is 17.5 Å². The summed E-state index contributed by atoms with van der Waals surface area (Å²) in [4.78, 5) is 24.9. The lowest BCUT2D eigenvalue weighted by atomic mass is 9.85. The average Bonchev–Trinajstić information content (AvgIpc) is 3.37. The highest BCUT2D eigenvalue weighted by Gasteiger charge is 2.39. The number of nitrogens with zero attached hydrogens (tertiary/aromatic N) is 1. The van der Waals surface area contributed by atoms with Gasteiger partial charge in [-0.3, -0.25) is 9.59 Å². The van der Waals surface area contributed by atoms with E-state index in [0.717, 1.165) is 36.2 Å². The fraction of sp³-hybridized carbons (Fsp3) is 0.429. The highest BCUT2D eigenvalue weighted by atomic mass is 32.2. The number of amides is 2. The summed E-state index contributed by atoms with van der Waals surface area (Å²) in [5.74, 6) is -0.147. The van der Waals surface area contributed by atoms with Crippen LogP contribution in [0.2, 0.25) is 0 Å². The van der Waals surface area contributed by atoms with Crippen LogP contribution >= 0.6 is 11.3 Å². The molecule has 0 bridgehead atoms. The number of hydrogen-bond donors (Lipinski definition) is 2. The first-order valence-corrected chi connectivity index (χ1v) is 12.5. The molecule has 1 atom stereocenters. The van der Waals surface area contributed by atoms with Crippen molar-refractivity contribution in [2.75, 3.05) is 11.9 Å². The van der Waals surface area contributed by atoms with Crippen molar-refractivity contribution < 1.29 is 18.0 Å². The first kappa shape index (κ1) is 21.0. The molecule has 2 amide bonds. The van der Waals surface area contributed by atoms with Crippen molar-refractivity contribution in [3.8, 4) is 0 Å². The summed E-state index contributed by atoms with van der Waals surface area (Å²) in [5, 5.41) is 7.51. The van der Waals surface area contributed by atoms with E-state index in [2.05, 4.69) is 10.6 Å². The summed E-state index contributed by atoms with van der Waals surface area (Å²) in [6.07, 6.45) is 4.14. The highest BCUT2D eigenvalue weighted by Crippen LogP contribution is 2.29. The predicted octanol–water partition coefficient (Wildman–Crippen LogP) is 2.96. The zero-order chi connectivity index (χ0) is 21.1. The van der Waals surface area contributed by atoms with Gasteiger partial charge in [-0.25, -0.2) is 8.42 Å². The van der Waals surface area contributed by atoms with E-state index in [1.165, 1.54) is 4.31 Å². The molecule has 0 radical (unpaired) electrons. The van der Waals surface area contributed by atoms with E-state index in [9.17, 15) is 18.0 Å². The number of hydrogen-bond acceptors (Lipinski definition) is 5. The predicted molar refractivity (Wildman–Crippen MR) is 115 cm³/mol. The summed E-state index contributed by atoms with van der Waals surface area (Å²) in [7, 11) is -3.65. The molecular formula is C21H25N3O4S2. The molecule has 1 aromatic carbocycles. The van der Waals surface area contributed by atoms with E-state index in [4.69, 9.17) is 0 Å². The summed E-state index contributed by atoms with van der Waals surface area (Å²) < 4.78 is 27.2. The molecule has 7 nitrogen and oxygen atoms in total. The zero-order valence-corrected chi connectivity index (χ0v) is 18.2. The molecule has 2 N–H and O–H groups in total. The first-order valence-electron chi connectivity index (χ1n) is 10.2. The maximum absolute atomic E-state index is 12.8. The molecule has 0 spiro atoms. The molecule has 1 aromatic heterocycles. The number of thiophene rings is 1. The normalized spacial score (nSPS) is 19.9. The van der Waals surface area contributed by atoms with E-state index >= 15 is 0 Å². The lowest BCUT2D eigenvalue weighted by Gasteiger charge is -2.24. The number of sulfonamides is 1. The standard InChI is InChI=1S/C21H25N3O4S2/c25-20(16-6-2-7-16)23-17-8-1-5-15(13-17)14-22-21(26)18-9-3-11-24(18)30(27,28)19-10-4-12-29-19/h1,4-5,8,10,12-13,16,18H,2-3,6-7,9,11,14H2,(H,22,26)(H,23,25)/t18-/m0/s1. The molecule has 2 aromatic rings. The number of benzene rings is 1. The smallest absolute Gasteiger partial charge is 0.253 e. The number of carbonyl (C=O) groups is 2. The van der Waals surface area contributed by atoms with Crippen LogP contribution in [0.15, 0.2) is 46.0 Å². The second-order valence-corrected chi connectivity index (χ2v) is 10.8. The summed E-state index contributed by atoms with van der Waals surface area (Å²) in [6.45, 7) is 0.621. The molecule has 4 rings (SSSR count). The van der Waals surface area contributed by atoms with Gasteiger partial charge in [0, 0.05) is 24.7 Å². The molecular weight excluding hydrogens is 422 g/mol. The van der Waals surface area contributed by atoms with Gasteiger partial charge in [-0.15, -0.1) is 11.3 Å². The van der Waals surface area contributed by atoms with Gasteiger partial charge in [0.05, 0.1) is 0 Å². The van der Waals surface area contributed by atoms with E-state index in [0.29, 0.717) is 25.1 Å². The Balaban J connectivity index is 1.37. The number of anilines is 1. The van der Waals surface area contributed by atoms with Gasteiger partial charge in [-0.1, -0.05) is 24.6 Å². The lowest BCUT2D eigenvalue weighted by molar-refractivity contribution is -0.124. The molecule has 1 aliphatic carbocycles. The number of nitrogens with one attached hydrogen (secondary N) is 2. The van der Waals surface area contributed by atoms with Crippen LogP contribution < -0.4 is 10.6 Å². The fourth-order valence-electron chi connectivity index (χ4n) is 3.80. The lowest BCUT2D eigenvalue weighted by Crippen LogP contribution is -2.45. The van der Waals surface area contributed by atoms with Crippen LogP contribution in [0.4, 0.5) is 5.69 Å². The maximum atomic E-state index is 12.8. The van der Waals surface area contributed by atoms with E-state index in [-0.39, 0.29) is 28.5 Å². The van der Waals surface area contributed by atoms with Crippen LogP contribution in [0.3, 0.4) is 0 Å². The molecule has 2 heterocycles. The molecule has 160 valence electrons. The Morgan fingerprint density at radius 3 is 2.60 bits per heavy atom. The second-order valence-electron chi connectivity index (χ2n) is 7.74. The van der Waals surface area contributed by atoms with Gasteiger partial charge in [-0.2, -0.15) is 4.31 Å². The van der Waals surface area contributed by atoms with Gasteiger partial charge in [0.15, 0.2) is 0 Å². The summed E-state index contributed by atoms with van der Waals surface area (Å²) >= 11 is 1.16. The van der Waals surface area contributed by atoms with E-state index in [1.807, 2.05) is 24.3 Å². The molecule has 0 unspecified atom stereocenters. The third-order valence-corrected chi connectivity index (χ3v) is 8.98. The van der Waals surface area contributed by atoms with Crippen molar-refractivity contribution in [2.24, 2.45) is 5.92 Å². The SMILES string of the molecule is O=C(Nc1cccc(CNC(=O)[C@@H]2CCCN2S(=O)(=O)c2cccs2)c1)C1CCC1.